The third-order valence-electron chi connectivity index (χ3n) is 3.06. The average Bonchev–Trinajstić information content (AvgIpc) is 2.78. The van der Waals surface area contributed by atoms with Crippen LogP contribution in [0.2, 0.25) is 5.02 Å². The molecule has 0 aliphatic carbocycles. The van der Waals surface area contributed by atoms with Crippen LogP contribution in [0, 0.1) is 0 Å². The van der Waals surface area contributed by atoms with Crippen molar-refractivity contribution in [3.8, 4) is 11.4 Å². The molecule has 0 unspecified atom stereocenters. The summed E-state index contributed by atoms with van der Waals surface area (Å²) >= 11 is 9.44. The molecule has 4 nitrogen and oxygen atoms in total. The highest BCUT2D eigenvalue weighted by Crippen LogP contribution is 2.31. The highest BCUT2D eigenvalue weighted by molar-refractivity contribution is 9.10. The molecule has 0 atom stereocenters. The van der Waals surface area contributed by atoms with Crippen LogP contribution in [-0.2, 0) is 0 Å². The zero-order valence-electron chi connectivity index (χ0n) is 10.6. The molecule has 0 saturated heterocycles. The van der Waals surface area contributed by atoms with Gasteiger partial charge >= 0.3 is 0 Å². The number of benzene rings is 2. The summed E-state index contributed by atoms with van der Waals surface area (Å²) < 4.78 is 7.98. The van der Waals surface area contributed by atoms with Crippen LogP contribution < -0.4 is 10.5 Å². The number of hydrogen-bond donors (Lipinski definition) is 1. The van der Waals surface area contributed by atoms with E-state index < -0.39 is 0 Å². The van der Waals surface area contributed by atoms with E-state index >= 15 is 0 Å². The average molecular weight is 353 g/mol. The van der Waals surface area contributed by atoms with Crippen molar-refractivity contribution in [2.75, 3.05) is 12.8 Å². The van der Waals surface area contributed by atoms with Crippen LogP contribution in [0.3, 0.4) is 0 Å². The van der Waals surface area contributed by atoms with Gasteiger partial charge < -0.3 is 10.5 Å². The molecular formula is C14H11BrClN3O. The molecule has 6 heteroatoms. The number of ether oxygens (including phenoxy) is 1. The molecule has 1 heterocycles. The van der Waals surface area contributed by atoms with E-state index in [1.54, 1.807) is 7.11 Å². The lowest BCUT2D eigenvalue weighted by atomic mass is 10.2. The van der Waals surface area contributed by atoms with Gasteiger partial charge in [0, 0.05) is 4.47 Å². The lowest BCUT2D eigenvalue weighted by Crippen LogP contribution is -2.00. The quantitative estimate of drug-likeness (QED) is 0.757. The fourth-order valence-electron chi connectivity index (χ4n) is 2.15. The Bertz CT molecular complexity index is 800. The van der Waals surface area contributed by atoms with Gasteiger partial charge in [-0.3, -0.25) is 4.57 Å². The van der Waals surface area contributed by atoms with Crippen molar-refractivity contribution in [1.29, 1.82) is 0 Å². The van der Waals surface area contributed by atoms with E-state index in [0.717, 1.165) is 21.2 Å². The number of fused-ring (bicyclic) bond motifs is 1. The summed E-state index contributed by atoms with van der Waals surface area (Å²) in [6.07, 6.45) is 0. The Balaban J connectivity index is 2.30. The molecule has 0 spiro atoms. The van der Waals surface area contributed by atoms with Crippen molar-refractivity contribution in [2.24, 2.45) is 0 Å². The number of methoxy groups -OCH3 is 1. The SMILES string of the molecule is COc1cccc2c1nc(N)n2-c1ccc(Cl)c(Br)c1. The first-order valence-corrected chi connectivity index (χ1v) is 7.05. The summed E-state index contributed by atoms with van der Waals surface area (Å²) in [4.78, 5) is 4.38. The first kappa shape index (κ1) is 13.3. The number of anilines is 1. The summed E-state index contributed by atoms with van der Waals surface area (Å²) in [5, 5.41) is 0.648. The van der Waals surface area contributed by atoms with E-state index in [4.69, 9.17) is 22.1 Å². The molecule has 0 saturated carbocycles. The van der Waals surface area contributed by atoms with Crippen LogP contribution in [0.15, 0.2) is 40.9 Å². The summed E-state index contributed by atoms with van der Waals surface area (Å²) in [6.45, 7) is 0. The van der Waals surface area contributed by atoms with Gasteiger partial charge in [0.25, 0.3) is 0 Å². The first-order valence-electron chi connectivity index (χ1n) is 5.88. The Morgan fingerprint density at radius 1 is 1.30 bits per heavy atom. The maximum Gasteiger partial charge on any atom is 0.206 e. The third-order valence-corrected chi connectivity index (χ3v) is 4.27. The van der Waals surface area contributed by atoms with Crippen molar-refractivity contribution in [3.63, 3.8) is 0 Å². The molecular weight excluding hydrogens is 342 g/mol. The van der Waals surface area contributed by atoms with Crippen LogP contribution in [0.25, 0.3) is 16.7 Å². The molecule has 2 aromatic carbocycles. The molecule has 3 aromatic rings. The normalized spacial score (nSPS) is 10.9. The zero-order chi connectivity index (χ0) is 14.3. The van der Waals surface area contributed by atoms with Gasteiger partial charge in [-0.15, -0.1) is 0 Å². The lowest BCUT2D eigenvalue weighted by molar-refractivity contribution is 0.419. The van der Waals surface area contributed by atoms with Crippen LogP contribution in [0.5, 0.6) is 5.75 Å². The largest absolute Gasteiger partial charge is 0.494 e. The molecule has 0 fully saturated rings. The molecule has 0 aliphatic rings. The minimum atomic E-state index is 0.402. The number of hydrogen-bond acceptors (Lipinski definition) is 3. The molecule has 0 radical (unpaired) electrons. The molecule has 2 N–H and O–H groups in total. The first-order chi connectivity index (χ1) is 9.61. The molecule has 0 amide bonds. The summed E-state index contributed by atoms with van der Waals surface area (Å²) in [6, 6.07) is 11.3. The Morgan fingerprint density at radius 3 is 2.80 bits per heavy atom. The van der Waals surface area contributed by atoms with Gasteiger partial charge in [-0.05, 0) is 46.3 Å². The predicted molar refractivity (Wildman–Crippen MR) is 84.7 cm³/mol. The number of halogens is 2. The van der Waals surface area contributed by atoms with Crippen molar-refractivity contribution in [2.45, 2.75) is 0 Å². The van der Waals surface area contributed by atoms with E-state index in [0.29, 0.717) is 16.7 Å². The van der Waals surface area contributed by atoms with E-state index in [2.05, 4.69) is 20.9 Å². The van der Waals surface area contributed by atoms with Crippen molar-refractivity contribution in [1.82, 2.24) is 9.55 Å². The monoisotopic (exact) mass is 351 g/mol. The number of imidazole rings is 1. The van der Waals surface area contributed by atoms with Gasteiger partial charge in [0.15, 0.2) is 0 Å². The Hall–Kier alpha value is -1.72. The van der Waals surface area contributed by atoms with Gasteiger partial charge in [0.05, 0.1) is 23.3 Å². The van der Waals surface area contributed by atoms with E-state index in [1.165, 1.54) is 0 Å². The number of nitrogen functional groups attached to an aromatic ring is 1. The van der Waals surface area contributed by atoms with Gasteiger partial charge in [0.2, 0.25) is 5.95 Å². The van der Waals surface area contributed by atoms with Crippen molar-refractivity contribution in [3.05, 3.63) is 45.9 Å². The Kier molecular flexibility index (Phi) is 3.31. The molecule has 102 valence electrons. The molecule has 0 bridgehead atoms. The highest BCUT2D eigenvalue weighted by Gasteiger charge is 2.14. The van der Waals surface area contributed by atoms with Crippen LogP contribution in [0.1, 0.15) is 0 Å². The van der Waals surface area contributed by atoms with E-state index in [1.807, 2.05) is 41.0 Å². The Morgan fingerprint density at radius 2 is 2.10 bits per heavy atom. The van der Waals surface area contributed by atoms with E-state index in [-0.39, 0.29) is 0 Å². The van der Waals surface area contributed by atoms with Gasteiger partial charge in [-0.1, -0.05) is 17.7 Å². The second kappa shape index (κ2) is 5.00. The lowest BCUT2D eigenvalue weighted by Gasteiger charge is -2.08. The third kappa shape index (κ3) is 2.03. The van der Waals surface area contributed by atoms with Crippen LogP contribution >= 0.6 is 27.5 Å². The minimum absolute atomic E-state index is 0.402. The maximum absolute atomic E-state index is 6.05. The summed E-state index contributed by atoms with van der Waals surface area (Å²) in [5.41, 5.74) is 8.55. The maximum atomic E-state index is 6.05. The second-order valence-corrected chi connectivity index (χ2v) is 5.49. The number of nitrogens with two attached hydrogens (primary N) is 1. The van der Waals surface area contributed by atoms with Crippen molar-refractivity contribution >= 4 is 44.5 Å². The second-order valence-electron chi connectivity index (χ2n) is 4.23. The Labute approximate surface area is 129 Å². The number of aromatic nitrogens is 2. The van der Waals surface area contributed by atoms with Crippen LogP contribution in [0.4, 0.5) is 5.95 Å². The zero-order valence-corrected chi connectivity index (χ0v) is 12.9. The van der Waals surface area contributed by atoms with Gasteiger partial charge in [0.1, 0.15) is 11.3 Å². The molecule has 1 aromatic heterocycles. The standard InChI is InChI=1S/C14H11BrClN3O/c1-20-12-4-2-3-11-13(12)18-14(17)19(11)8-5-6-10(16)9(15)7-8/h2-7H,1H3,(H2,17,18). The smallest absolute Gasteiger partial charge is 0.206 e. The summed E-state index contributed by atoms with van der Waals surface area (Å²) in [7, 11) is 1.61. The summed E-state index contributed by atoms with van der Waals surface area (Å²) in [5.74, 6) is 1.10. The molecule has 3 rings (SSSR count). The fraction of sp³-hybridized carbons (Fsp3) is 0.0714. The topological polar surface area (TPSA) is 53.1 Å². The van der Waals surface area contributed by atoms with E-state index in [9.17, 15) is 0 Å². The highest BCUT2D eigenvalue weighted by atomic mass is 79.9. The number of rotatable bonds is 2. The number of nitrogens with zero attached hydrogens (tertiary/aromatic N) is 2. The van der Waals surface area contributed by atoms with Crippen LogP contribution in [-0.4, -0.2) is 16.7 Å². The minimum Gasteiger partial charge on any atom is -0.494 e. The number of para-hydroxylation sites is 1. The molecule has 20 heavy (non-hydrogen) atoms. The molecule has 0 aliphatic heterocycles. The fourth-order valence-corrected chi connectivity index (χ4v) is 2.64. The van der Waals surface area contributed by atoms with Gasteiger partial charge in [-0.2, -0.15) is 0 Å². The van der Waals surface area contributed by atoms with Gasteiger partial charge in [-0.25, -0.2) is 4.98 Å². The van der Waals surface area contributed by atoms with Crippen molar-refractivity contribution < 1.29 is 4.74 Å². The predicted octanol–water partition coefficient (Wildman–Crippen LogP) is 4.03.